The van der Waals surface area contributed by atoms with Gasteiger partial charge in [0, 0.05) is 19.7 Å². The van der Waals surface area contributed by atoms with Gasteiger partial charge >= 0.3 is 6.09 Å². The van der Waals surface area contributed by atoms with Crippen molar-refractivity contribution in [2.75, 3.05) is 20.8 Å². The van der Waals surface area contributed by atoms with Crippen LogP contribution in [0, 0.1) is 11.8 Å². The molecule has 122 valence electrons. The maximum atomic E-state index is 12.8. The van der Waals surface area contributed by atoms with Crippen LogP contribution >= 0.6 is 0 Å². The molecule has 1 N–H and O–H groups in total. The summed E-state index contributed by atoms with van der Waals surface area (Å²) in [7, 11) is 2.97. The molecule has 1 heterocycles. The van der Waals surface area contributed by atoms with Crippen molar-refractivity contribution in [3.05, 3.63) is 0 Å². The average Bonchev–Trinajstić information content (AvgIpc) is 2.87. The van der Waals surface area contributed by atoms with E-state index in [0.717, 1.165) is 6.42 Å². The lowest BCUT2D eigenvalue weighted by atomic mass is 9.98. The van der Waals surface area contributed by atoms with Gasteiger partial charge in [-0.2, -0.15) is 0 Å². The van der Waals surface area contributed by atoms with E-state index < -0.39 is 12.1 Å². The number of rotatable bonds is 5. The minimum atomic E-state index is -0.578. The van der Waals surface area contributed by atoms with E-state index in [1.54, 1.807) is 7.11 Å². The summed E-state index contributed by atoms with van der Waals surface area (Å²) in [6.45, 7) is 8.59. The molecular weight excluding hydrogens is 272 g/mol. The Labute approximate surface area is 127 Å². The van der Waals surface area contributed by atoms with Crippen molar-refractivity contribution in [3.8, 4) is 0 Å². The Morgan fingerprint density at radius 1 is 1.19 bits per heavy atom. The summed E-state index contributed by atoms with van der Waals surface area (Å²) in [6, 6.07) is -0.433. The number of carbonyl (C=O) groups is 2. The monoisotopic (exact) mass is 300 g/mol. The van der Waals surface area contributed by atoms with E-state index >= 15 is 0 Å². The van der Waals surface area contributed by atoms with Crippen LogP contribution in [0.25, 0.3) is 0 Å². The second kappa shape index (κ2) is 7.64. The molecule has 0 aromatic rings. The molecule has 1 aliphatic rings. The number of likely N-dealkylation sites (tertiary alicyclic amines) is 1. The van der Waals surface area contributed by atoms with Gasteiger partial charge in [0.25, 0.3) is 0 Å². The first-order valence-electron chi connectivity index (χ1n) is 7.49. The second-order valence-corrected chi connectivity index (χ2v) is 6.25. The lowest BCUT2D eigenvalue weighted by Gasteiger charge is -2.32. The molecule has 6 nitrogen and oxygen atoms in total. The molecule has 2 amide bonds. The number of nitrogens with one attached hydrogen (secondary N) is 1. The smallest absolute Gasteiger partial charge is 0.407 e. The lowest BCUT2D eigenvalue weighted by Crippen LogP contribution is -2.53. The molecule has 0 aromatic carbocycles. The van der Waals surface area contributed by atoms with Crippen LogP contribution in [0.2, 0.25) is 0 Å². The minimum Gasteiger partial charge on any atom is -0.453 e. The first-order valence-corrected chi connectivity index (χ1v) is 7.49. The Morgan fingerprint density at radius 2 is 1.81 bits per heavy atom. The predicted molar refractivity (Wildman–Crippen MR) is 79.9 cm³/mol. The van der Waals surface area contributed by atoms with Gasteiger partial charge in [0.15, 0.2) is 0 Å². The van der Waals surface area contributed by atoms with E-state index in [9.17, 15) is 9.59 Å². The molecule has 0 radical (unpaired) electrons. The third kappa shape index (κ3) is 4.33. The van der Waals surface area contributed by atoms with E-state index in [1.807, 2.05) is 18.7 Å². The van der Waals surface area contributed by atoms with Gasteiger partial charge in [-0.15, -0.1) is 0 Å². The number of hydrogen-bond donors (Lipinski definition) is 1. The van der Waals surface area contributed by atoms with E-state index in [-0.39, 0.29) is 24.0 Å². The maximum Gasteiger partial charge on any atom is 0.407 e. The largest absolute Gasteiger partial charge is 0.453 e. The summed E-state index contributed by atoms with van der Waals surface area (Å²) in [4.78, 5) is 26.1. The van der Waals surface area contributed by atoms with E-state index in [2.05, 4.69) is 23.9 Å². The van der Waals surface area contributed by atoms with Crippen molar-refractivity contribution in [1.29, 1.82) is 0 Å². The SMILES string of the molecule is COC(=O)N[C@H](C(=O)N1C[C@H](OC)CC1C(C)C)C(C)C. The summed E-state index contributed by atoms with van der Waals surface area (Å²) in [5.41, 5.74) is 0. The molecule has 0 aliphatic carbocycles. The fourth-order valence-electron chi connectivity index (χ4n) is 2.76. The van der Waals surface area contributed by atoms with Crippen molar-refractivity contribution < 1.29 is 19.1 Å². The first-order chi connectivity index (χ1) is 9.81. The zero-order chi connectivity index (χ0) is 16.2. The summed E-state index contributed by atoms with van der Waals surface area (Å²) in [5, 5.41) is 2.64. The molecule has 1 rings (SSSR count). The molecule has 0 spiro atoms. The van der Waals surface area contributed by atoms with Gasteiger partial charge in [0.2, 0.25) is 5.91 Å². The number of carbonyl (C=O) groups excluding carboxylic acids is 2. The molecule has 1 saturated heterocycles. The topological polar surface area (TPSA) is 67.9 Å². The Bertz CT molecular complexity index is 371. The Hall–Kier alpha value is -1.30. The van der Waals surface area contributed by atoms with Crippen molar-refractivity contribution in [1.82, 2.24) is 10.2 Å². The average molecular weight is 300 g/mol. The highest BCUT2D eigenvalue weighted by Gasteiger charge is 2.40. The number of hydrogen-bond acceptors (Lipinski definition) is 4. The predicted octanol–water partition coefficient (Wildman–Crippen LogP) is 1.64. The highest BCUT2D eigenvalue weighted by Crippen LogP contribution is 2.27. The van der Waals surface area contributed by atoms with Gasteiger partial charge < -0.3 is 19.7 Å². The highest BCUT2D eigenvalue weighted by atomic mass is 16.5. The lowest BCUT2D eigenvalue weighted by molar-refractivity contribution is -0.136. The van der Waals surface area contributed by atoms with E-state index in [1.165, 1.54) is 7.11 Å². The van der Waals surface area contributed by atoms with Crippen LogP contribution < -0.4 is 5.32 Å². The molecule has 6 heteroatoms. The summed E-state index contributed by atoms with van der Waals surface area (Å²) in [6.07, 6.45) is 0.320. The fraction of sp³-hybridized carbons (Fsp3) is 0.867. The molecule has 1 unspecified atom stereocenters. The molecule has 3 atom stereocenters. The number of nitrogens with zero attached hydrogens (tertiary/aromatic N) is 1. The van der Waals surface area contributed by atoms with Crippen molar-refractivity contribution in [3.63, 3.8) is 0 Å². The number of methoxy groups -OCH3 is 2. The van der Waals surface area contributed by atoms with Crippen LogP contribution in [0.5, 0.6) is 0 Å². The third-order valence-electron chi connectivity index (χ3n) is 4.08. The summed E-state index contributed by atoms with van der Waals surface area (Å²) < 4.78 is 10.0. The van der Waals surface area contributed by atoms with E-state index in [4.69, 9.17) is 4.74 Å². The number of ether oxygens (including phenoxy) is 2. The van der Waals surface area contributed by atoms with Gasteiger partial charge in [-0.1, -0.05) is 27.7 Å². The van der Waals surface area contributed by atoms with Crippen LogP contribution in [-0.2, 0) is 14.3 Å². The molecule has 1 aliphatic heterocycles. The molecule has 0 aromatic heterocycles. The summed E-state index contributed by atoms with van der Waals surface area (Å²) in [5.74, 6) is 0.277. The van der Waals surface area contributed by atoms with E-state index in [0.29, 0.717) is 12.5 Å². The molecule has 0 bridgehead atoms. The standard InChI is InChI=1S/C15H28N2O4/c1-9(2)12-7-11(20-5)8-17(12)14(18)13(10(3)4)16-15(19)21-6/h9-13H,7-8H2,1-6H3,(H,16,19)/t11-,12?,13+/m1/s1. The van der Waals surface area contributed by atoms with Crippen LogP contribution in [0.3, 0.4) is 0 Å². The third-order valence-corrected chi connectivity index (χ3v) is 4.08. The number of amides is 2. The second-order valence-electron chi connectivity index (χ2n) is 6.25. The Morgan fingerprint density at radius 3 is 2.24 bits per heavy atom. The summed E-state index contributed by atoms with van der Waals surface area (Å²) >= 11 is 0. The van der Waals surface area contributed by atoms with Gasteiger partial charge in [-0.25, -0.2) is 4.79 Å². The molecule has 1 fully saturated rings. The van der Waals surface area contributed by atoms with Crippen LogP contribution in [0.1, 0.15) is 34.1 Å². The number of alkyl carbamates (subject to hydrolysis) is 1. The fourth-order valence-corrected chi connectivity index (χ4v) is 2.76. The Balaban J connectivity index is 2.88. The van der Waals surface area contributed by atoms with Gasteiger partial charge in [0.1, 0.15) is 6.04 Å². The molecule has 21 heavy (non-hydrogen) atoms. The molecule has 0 saturated carbocycles. The zero-order valence-corrected chi connectivity index (χ0v) is 13.9. The first kappa shape index (κ1) is 17.8. The van der Waals surface area contributed by atoms with Crippen molar-refractivity contribution in [2.45, 2.75) is 52.3 Å². The van der Waals surface area contributed by atoms with Gasteiger partial charge in [-0.3, -0.25) is 4.79 Å². The van der Waals surface area contributed by atoms with Crippen molar-refractivity contribution >= 4 is 12.0 Å². The molecular formula is C15H28N2O4. The minimum absolute atomic E-state index is 0.00833. The quantitative estimate of drug-likeness (QED) is 0.838. The van der Waals surface area contributed by atoms with Gasteiger partial charge in [-0.05, 0) is 18.3 Å². The van der Waals surface area contributed by atoms with Gasteiger partial charge in [0.05, 0.1) is 13.2 Å². The zero-order valence-electron chi connectivity index (χ0n) is 13.9. The van der Waals surface area contributed by atoms with Crippen LogP contribution in [0.15, 0.2) is 0 Å². The maximum absolute atomic E-state index is 12.8. The Kier molecular flexibility index (Phi) is 6.45. The van der Waals surface area contributed by atoms with Crippen molar-refractivity contribution in [2.24, 2.45) is 11.8 Å². The van der Waals surface area contributed by atoms with Crippen LogP contribution in [-0.4, -0.2) is 55.9 Å². The van der Waals surface area contributed by atoms with Crippen LogP contribution in [0.4, 0.5) is 4.79 Å². The normalized spacial score (nSPS) is 23.5. The highest BCUT2D eigenvalue weighted by molar-refractivity contribution is 5.86.